The zero-order chi connectivity index (χ0) is 11.4. The van der Waals surface area contributed by atoms with Gasteiger partial charge in [0.2, 0.25) is 0 Å². The van der Waals surface area contributed by atoms with Crippen molar-refractivity contribution in [3.63, 3.8) is 0 Å². The summed E-state index contributed by atoms with van der Waals surface area (Å²) in [4.78, 5) is 0. The molecule has 1 aliphatic rings. The third-order valence-electron chi connectivity index (χ3n) is 4.50. The molecule has 0 aliphatic heterocycles. The molecule has 1 saturated carbocycles. The van der Waals surface area contributed by atoms with Crippen LogP contribution in [0.2, 0.25) is 0 Å². The van der Waals surface area contributed by atoms with E-state index in [1.807, 2.05) is 0 Å². The zero-order valence-corrected chi connectivity index (χ0v) is 10.9. The Balaban J connectivity index is 2.49. The van der Waals surface area contributed by atoms with Crippen molar-refractivity contribution < 1.29 is 0 Å². The van der Waals surface area contributed by atoms with Crippen molar-refractivity contribution >= 4 is 0 Å². The maximum atomic E-state index is 6.62. The summed E-state index contributed by atoms with van der Waals surface area (Å²) in [7, 11) is 0. The van der Waals surface area contributed by atoms with E-state index in [1.54, 1.807) is 0 Å². The van der Waals surface area contributed by atoms with Crippen LogP contribution in [0.15, 0.2) is 0 Å². The lowest BCUT2D eigenvalue weighted by Gasteiger charge is -2.47. The summed E-state index contributed by atoms with van der Waals surface area (Å²) in [6, 6.07) is 0. The lowest BCUT2D eigenvalue weighted by molar-refractivity contribution is 0.102. The minimum atomic E-state index is 0.124. The fourth-order valence-electron chi connectivity index (χ4n) is 2.93. The average Bonchev–Trinajstić information content (AvgIpc) is 2.19. The van der Waals surface area contributed by atoms with Crippen LogP contribution in [0.5, 0.6) is 0 Å². The lowest BCUT2D eigenvalue weighted by Crippen LogP contribution is -2.53. The summed E-state index contributed by atoms with van der Waals surface area (Å²) < 4.78 is 0. The molecule has 1 heteroatoms. The molecule has 0 unspecified atom stereocenters. The molecule has 2 N–H and O–H groups in total. The van der Waals surface area contributed by atoms with E-state index < -0.39 is 0 Å². The normalized spacial score (nSPS) is 21.6. The van der Waals surface area contributed by atoms with E-state index >= 15 is 0 Å². The van der Waals surface area contributed by atoms with Gasteiger partial charge < -0.3 is 5.73 Å². The molecule has 0 bridgehead atoms. The van der Waals surface area contributed by atoms with Crippen LogP contribution >= 0.6 is 0 Å². The van der Waals surface area contributed by atoms with Gasteiger partial charge in [-0.25, -0.2) is 0 Å². The highest BCUT2D eigenvalue weighted by Gasteiger charge is 2.41. The Morgan fingerprint density at radius 2 is 1.67 bits per heavy atom. The molecule has 1 aliphatic carbocycles. The molecule has 1 nitrogen and oxygen atoms in total. The third-order valence-corrected chi connectivity index (χ3v) is 4.50. The molecular weight excluding hydrogens is 182 g/mol. The topological polar surface area (TPSA) is 26.0 Å². The Bertz CT molecular complexity index is 178. The van der Waals surface area contributed by atoms with Crippen LogP contribution in [0.25, 0.3) is 0 Å². The smallest absolute Gasteiger partial charge is 0.0206 e. The fourth-order valence-corrected chi connectivity index (χ4v) is 2.93. The fraction of sp³-hybridized carbons (Fsp3) is 1.00. The number of hydrogen-bond acceptors (Lipinski definition) is 1. The summed E-state index contributed by atoms with van der Waals surface area (Å²) in [6.45, 7) is 7.04. The van der Waals surface area contributed by atoms with E-state index in [1.165, 1.54) is 57.8 Å². The van der Waals surface area contributed by atoms with Crippen LogP contribution in [-0.2, 0) is 0 Å². The summed E-state index contributed by atoms with van der Waals surface area (Å²) in [5.74, 6) is 0. The van der Waals surface area contributed by atoms with Gasteiger partial charge in [0, 0.05) is 5.54 Å². The highest BCUT2D eigenvalue weighted by molar-refractivity contribution is 4.99. The number of nitrogens with two attached hydrogens (primary N) is 1. The Labute approximate surface area is 95.8 Å². The molecular formula is C14H29N. The molecule has 0 aromatic carbocycles. The summed E-state index contributed by atoms with van der Waals surface area (Å²) >= 11 is 0. The van der Waals surface area contributed by atoms with E-state index in [4.69, 9.17) is 5.73 Å². The van der Waals surface area contributed by atoms with Crippen molar-refractivity contribution in [1.29, 1.82) is 0 Å². The minimum Gasteiger partial charge on any atom is -0.325 e. The second-order valence-electron chi connectivity index (χ2n) is 6.06. The molecule has 0 radical (unpaired) electrons. The predicted molar refractivity (Wildman–Crippen MR) is 67.9 cm³/mol. The molecule has 0 spiro atoms. The quantitative estimate of drug-likeness (QED) is 0.676. The monoisotopic (exact) mass is 211 g/mol. The molecule has 0 aromatic heterocycles. The standard InChI is InChI=1S/C14H29N/c1-4-5-7-10-13(2,3)14(15)11-8-6-9-12-14/h4-12,15H2,1-3H3. The Kier molecular flexibility index (Phi) is 4.64. The molecule has 15 heavy (non-hydrogen) atoms. The average molecular weight is 211 g/mol. The van der Waals surface area contributed by atoms with Crippen molar-refractivity contribution in [2.45, 2.75) is 84.1 Å². The first-order valence-electron chi connectivity index (χ1n) is 6.81. The van der Waals surface area contributed by atoms with Gasteiger partial charge in [-0.3, -0.25) is 0 Å². The molecule has 1 rings (SSSR count). The van der Waals surface area contributed by atoms with E-state index in [0.717, 1.165) is 0 Å². The SMILES string of the molecule is CCCCCC(C)(C)C1(N)CCCCC1. The Morgan fingerprint density at radius 3 is 2.20 bits per heavy atom. The van der Waals surface area contributed by atoms with Crippen molar-refractivity contribution in [3.05, 3.63) is 0 Å². The van der Waals surface area contributed by atoms with E-state index in [-0.39, 0.29) is 5.54 Å². The lowest BCUT2D eigenvalue weighted by atomic mass is 9.63. The second-order valence-corrected chi connectivity index (χ2v) is 6.06. The molecule has 90 valence electrons. The second kappa shape index (κ2) is 5.34. The number of hydrogen-bond donors (Lipinski definition) is 1. The molecule has 0 aromatic rings. The van der Waals surface area contributed by atoms with Gasteiger partial charge in [-0.15, -0.1) is 0 Å². The van der Waals surface area contributed by atoms with E-state index in [9.17, 15) is 0 Å². The van der Waals surface area contributed by atoms with Gasteiger partial charge in [0.15, 0.2) is 0 Å². The first-order chi connectivity index (χ1) is 7.02. The first kappa shape index (κ1) is 13.0. The van der Waals surface area contributed by atoms with Gasteiger partial charge >= 0.3 is 0 Å². The van der Waals surface area contributed by atoms with Gasteiger partial charge in [0.1, 0.15) is 0 Å². The summed E-state index contributed by atoms with van der Waals surface area (Å²) in [6.07, 6.45) is 11.9. The zero-order valence-electron chi connectivity index (χ0n) is 10.9. The van der Waals surface area contributed by atoms with Gasteiger partial charge in [0.25, 0.3) is 0 Å². The summed E-state index contributed by atoms with van der Waals surface area (Å²) in [5.41, 5.74) is 7.08. The number of unbranched alkanes of at least 4 members (excludes halogenated alkanes) is 2. The van der Waals surface area contributed by atoms with E-state index in [2.05, 4.69) is 20.8 Å². The highest BCUT2D eigenvalue weighted by Crippen LogP contribution is 2.43. The van der Waals surface area contributed by atoms with Crippen LogP contribution < -0.4 is 5.73 Å². The minimum absolute atomic E-state index is 0.124. The van der Waals surface area contributed by atoms with E-state index in [0.29, 0.717) is 5.41 Å². The molecule has 1 fully saturated rings. The molecule has 0 saturated heterocycles. The maximum absolute atomic E-state index is 6.62. The molecule has 0 amide bonds. The van der Waals surface area contributed by atoms with Crippen LogP contribution in [0.4, 0.5) is 0 Å². The van der Waals surface area contributed by atoms with Crippen LogP contribution in [0.3, 0.4) is 0 Å². The summed E-state index contributed by atoms with van der Waals surface area (Å²) in [5, 5.41) is 0. The largest absolute Gasteiger partial charge is 0.325 e. The van der Waals surface area contributed by atoms with Gasteiger partial charge in [-0.2, -0.15) is 0 Å². The van der Waals surface area contributed by atoms with Crippen LogP contribution in [0.1, 0.15) is 78.6 Å². The van der Waals surface area contributed by atoms with Crippen molar-refractivity contribution in [2.75, 3.05) is 0 Å². The predicted octanol–water partition coefficient (Wildman–Crippen LogP) is 4.25. The Hall–Kier alpha value is -0.0400. The molecule has 0 heterocycles. The van der Waals surface area contributed by atoms with Gasteiger partial charge in [-0.1, -0.05) is 59.3 Å². The first-order valence-corrected chi connectivity index (χ1v) is 6.81. The van der Waals surface area contributed by atoms with Crippen LogP contribution in [0, 0.1) is 5.41 Å². The van der Waals surface area contributed by atoms with Gasteiger partial charge in [-0.05, 0) is 24.7 Å². The Morgan fingerprint density at radius 1 is 1.07 bits per heavy atom. The third kappa shape index (κ3) is 3.21. The van der Waals surface area contributed by atoms with Crippen molar-refractivity contribution in [1.82, 2.24) is 0 Å². The van der Waals surface area contributed by atoms with Gasteiger partial charge in [0.05, 0.1) is 0 Å². The van der Waals surface area contributed by atoms with Crippen molar-refractivity contribution in [3.8, 4) is 0 Å². The highest BCUT2D eigenvalue weighted by atomic mass is 14.8. The van der Waals surface area contributed by atoms with Crippen LogP contribution in [-0.4, -0.2) is 5.54 Å². The number of rotatable bonds is 5. The van der Waals surface area contributed by atoms with Crippen molar-refractivity contribution in [2.24, 2.45) is 11.1 Å². The maximum Gasteiger partial charge on any atom is 0.0206 e. The molecule has 0 atom stereocenters.